The number of allylic oxidation sites excluding steroid dienone is 3. The predicted molar refractivity (Wildman–Crippen MR) is 240 cm³/mol. The fourth-order valence-electron chi connectivity index (χ4n) is 8.85. The van der Waals surface area contributed by atoms with Gasteiger partial charge in [-0.1, -0.05) is 152 Å². The molecule has 0 radical (unpaired) electrons. The molecule has 0 amide bonds. The topological polar surface area (TPSA) is 51.8 Å². The first kappa shape index (κ1) is 33.1. The van der Waals surface area contributed by atoms with Gasteiger partial charge in [-0.2, -0.15) is 0 Å². The average molecular weight is 760 g/mol. The van der Waals surface area contributed by atoms with Crippen molar-refractivity contribution in [2.45, 2.75) is 16.1 Å². The summed E-state index contributed by atoms with van der Waals surface area (Å²) in [4.78, 5) is 17.1. The quantitative estimate of drug-likeness (QED) is 0.175. The number of benzene rings is 8. The van der Waals surface area contributed by atoms with Crippen LogP contribution in [0.15, 0.2) is 197 Å². The van der Waals surface area contributed by atoms with E-state index in [2.05, 4.69) is 170 Å². The zero-order chi connectivity index (χ0) is 38.2. The van der Waals surface area contributed by atoms with E-state index in [9.17, 15) is 0 Å². The zero-order valence-electron chi connectivity index (χ0n) is 31.2. The number of hydrogen-bond donors (Lipinski definition) is 0. The van der Waals surface area contributed by atoms with Crippen molar-refractivity contribution < 1.29 is 4.42 Å². The summed E-state index contributed by atoms with van der Waals surface area (Å²) in [6.45, 7) is 0. The van der Waals surface area contributed by atoms with Crippen LogP contribution in [-0.2, 0) is 0 Å². The van der Waals surface area contributed by atoms with E-state index in [4.69, 9.17) is 19.4 Å². The molecular formula is C53H33N3OS. The first-order valence-electron chi connectivity index (χ1n) is 19.7. The molecule has 58 heavy (non-hydrogen) atoms. The Hall–Kier alpha value is -7.08. The largest absolute Gasteiger partial charge is 0.455 e. The van der Waals surface area contributed by atoms with Gasteiger partial charge in [-0.05, 0) is 80.4 Å². The molecule has 4 nitrogen and oxygen atoms in total. The van der Waals surface area contributed by atoms with Gasteiger partial charge in [0.15, 0.2) is 17.5 Å². The van der Waals surface area contributed by atoms with Crippen LogP contribution in [0.3, 0.4) is 0 Å². The minimum Gasteiger partial charge on any atom is -0.455 e. The van der Waals surface area contributed by atoms with Crippen LogP contribution in [0.4, 0.5) is 0 Å². The highest BCUT2D eigenvalue weighted by Gasteiger charge is 2.31. The molecule has 3 heterocycles. The molecule has 0 bridgehead atoms. The van der Waals surface area contributed by atoms with Gasteiger partial charge in [0.2, 0.25) is 0 Å². The lowest BCUT2D eigenvalue weighted by atomic mass is 9.89. The van der Waals surface area contributed by atoms with E-state index in [1.807, 2.05) is 30.0 Å². The molecule has 8 aromatic carbocycles. The first-order valence-corrected chi connectivity index (χ1v) is 20.5. The fourth-order valence-corrected chi connectivity index (χ4v) is 10.2. The van der Waals surface area contributed by atoms with Crippen LogP contribution in [0.25, 0.3) is 99.9 Å². The third kappa shape index (κ3) is 5.42. The number of fused-ring (bicyclic) bond motifs is 9. The summed E-state index contributed by atoms with van der Waals surface area (Å²) in [5.74, 6) is 2.24. The lowest BCUT2D eigenvalue weighted by molar-refractivity contribution is 0.672. The monoisotopic (exact) mass is 759 g/mol. The van der Waals surface area contributed by atoms with Gasteiger partial charge in [-0.15, -0.1) is 11.8 Å². The maximum Gasteiger partial charge on any atom is 0.164 e. The number of furan rings is 1. The van der Waals surface area contributed by atoms with E-state index in [-0.39, 0.29) is 0 Å². The van der Waals surface area contributed by atoms with E-state index >= 15 is 0 Å². The van der Waals surface area contributed by atoms with Crippen molar-refractivity contribution in [3.8, 4) is 56.4 Å². The standard InChI is InChI=1S/C53H33N3OS/c1-2-11-32(12-3-1)34-14-8-16-37(29-34)51-54-52(56-53(55-51)44-20-10-21-46-49(44)43-27-23-33-13-4-5-17-41(33)50(43)57-46)38-24-26-40-35(30-38)15-9-19-39(40)36-25-28-48-45(31-36)42-18-6-7-22-47(42)58-48/h1-31,42,47H. The van der Waals surface area contributed by atoms with E-state index in [1.165, 1.54) is 27.0 Å². The molecule has 272 valence electrons. The van der Waals surface area contributed by atoms with Crippen molar-refractivity contribution in [2.24, 2.45) is 0 Å². The van der Waals surface area contributed by atoms with Gasteiger partial charge < -0.3 is 4.42 Å². The molecule has 2 atom stereocenters. The molecule has 0 saturated heterocycles. The number of thioether (sulfide) groups is 1. The van der Waals surface area contributed by atoms with Crippen LogP contribution in [0, 0.1) is 0 Å². The molecule has 2 unspecified atom stereocenters. The van der Waals surface area contributed by atoms with Crippen molar-refractivity contribution in [1.29, 1.82) is 0 Å². The maximum atomic E-state index is 6.59. The van der Waals surface area contributed by atoms with Crippen LogP contribution < -0.4 is 0 Å². The van der Waals surface area contributed by atoms with Gasteiger partial charge in [0.1, 0.15) is 11.2 Å². The summed E-state index contributed by atoms with van der Waals surface area (Å²) in [6.07, 6.45) is 9.02. The molecule has 0 spiro atoms. The number of rotatable bonds is 5. The number of nitrogens with zero attached hydrogens (tertiary/aromatic N) is 3. The molecule has 0 saturated carbocycles. The Morgan fingerprint density at radius 2 is 1.16 bits per heavy atom. The minimum atomic E-state index is 0.414. The molecule has 0 fully saturated rings. The fraction of sp³-hybridized carbons (Fsp3) is 0.0377. The van der Waals surface area contributed by atoms with E-state index in [1.54, 1.807) is 0 Å². The van der Waals surface area contributed by atoms with Crippen LogP contribution >= 0.6 is 11.8 Å². The Labute approximate surface area is 339 Å². The van der Waals surface area contributed by atoms with E-state index < -0.39 is 0 Å². The van der Waals surface area contributed by atoms with Gasteiger partial charge in [0, 0.05) is 48.9 Å². The second-order valence-corrected chi connectivity index (χ2v) is 16.3. The average Bonchev–Trinajstić information content (AvgIpc) is 3.87. The van der Waals surface area contributed by atoms with E-state index in [0.29, 0.717) is 28.6 Å². The van der Waals surface area contributed by atoms with Crippen molar-refractivity contribution in [1.82, 2.24) is 15.0 Å². The third-order valence-electron chi connectivity index (χ3n) is 11.7. The van der Waals surface area contributed by atoms with Crippen molar-refractivity contribution in [3.05, 3.63) is 194 Å². The molecule has 1 aliphatic heterocycles. The molecule has 10 aromatic rings. The maximum absolute atomic E-state index is 6.59. The lowest BCUT2D eigenvalue weighted by Crippen LogP contribution is -2.06. The number of aromatic nitrogens is 3. The Bertz CT molecular complexity index is 3350. The molecule has 2 aliphatic rings. The SMILES string of the molecule is C1=CC2Sc3ccc(-c4cccc5cc(-c6nc(-c7cccc(-c8ccccc8)c7)nc(-c7cccc8oc9c%10ccccc%10ccc9c78)n6)ccc45)cc3C2C=C1. The van der Waals surface area contributed by atoms with Crippen molar-refractivity contribution >= 4 is 55.2 Å². The molecule has 0 N–H and O–H groups in total. The van der Waals surface area contributed by atoms with Crippen molar-refractivity contribution in [2.75, 3.05) is 0 Å². The molecule has 1 aliphatic carbocycles. The highest BCUT2D eigenvalue weighted by Crippen LogP contribution is 2.49. The van der Waals surface area contributed by atoms with Crippen LogP contribution in [0.2, 0.25) is 0 Å². The van der Waals surface area contributed by atoms with Gasteiger partial charge in [-0.25, -0.2) is 15.0 Å². The third-order valence-corrected chi connectivity index (χ3v) is 13.0. The van der Waals surface area contributed by atoms with Crippen LogP contribution in [0.5, 0.6) is 0 Å². The smallest absolute Gasteiger partial charge is 0.164 e. The second-order valence-electron chi connectivity index (χ2n) is 15.1. The molecule has 12 rings (SSSR count). The van der Waals surface area contributed by atoms with Crippen molar-refractivity contribution in [3.63, 3.8) is 0 Å². The first-order chi connectivity index (χ1) is 28.7. The molecular weight excluding hydrogens is 727 g/mol. The second kappa shape index (κ2) is 13.3. The van der Waals surface area contributed by atoms with Gasteiger partial charge in [0.25, 0.3) is 0 Å². The van der Waals surface area contributed by atoms with E-state index in [0.717, 1.165) is 65.9 Å². The molecule has 5 heteroatoms. The van der Waals surface area contributed by atoms with Gasteiger partial charge in [-0.3, -0.25) is 0 Å². The lowest BCUT2D eigenvalue weighted by Gasteiger charge is -2.15. The van der Waals surface area contributed by atoms with Crippen LogP contribution in [-0.4, -0.2) is 20.2 Å². The Morgan fingerprint density at radius 1 is 0.448 bits per heavy atom. The number of hydrogen-bond acceptors (Lipinski definition) is 5. The summed E-state index contributed by atoms with van der Waals surface area (Å²) in [5, 5.41) is 7.05. The van der Waals surface area contributed by atoms with Gasteiger partial charge in [0.05, 0.1) is 0 Å². The highest BCUT2D eigenvalue weighted by atomic mass is 32.2. The summed E-state index contributed by atoms with van der Waals surface area (Å²) >= 11 is 1.97. The molecule has 2 aromatic heterocycles. The minimum absolute atomic E-state index is 0.414. The normalized spacial score (nSPS) is 15.7. The summed E-state index contributed by atoms with van der Waals surface area (Å²) in [5.41, 5.74) is 10.5. The summed E-state index contributed by atoms with van der Waals surface area (Å²) in [6, 6.07) is 57.9. The highest BCUT2D eigenvalue weighted by molar-refractivity contribution is 8.00. The van der Waals surface area contributed by atoms with Gasteiger partial charge >= 0.3 is 0 Å². The Kier molecular flexibility index (Phi) is 7.57. The predicted octanol–water partition coefficient (Wildman–Crippen LogP) is 14.1. The summed E-state index contributed by atoms with van der Waals surface area (Å²) in [7, 11) is 0. The van der Waals surface area contributed by atoms with Crippen LogP contribution in [0.1, 0.15) is 11.5 Å². The Morgan fingerprint density at radius 3 is 2.09 bits per heavy atom. The Balaban J connectivity index is 1.02. The summed E-state index contributed by atoms with van der Waals surface area (Å²) < 4.78 is 6.59. The zero-order valence-corrected chi connectivity index (χ0v) is 32.0.